The van der Waals surface area contributed by atoms with Gasteiger partial charge in [-0.3, -0.25) is 0 Å². The Morgan fingerprint density at radius 3 is 2.33 bits per heavy atom. The Balaban J connectivity index is 2.06. The number of nitrogens with zero attached hydrogens (tertiary/aromatic N) is 1. The highest BCUT2D eigenvalue weighted by Gasteiger charge is 2.06. The van der Waals surface area contributed by atoms with Crippen molar-refractivity contribution in [1.29, 1.82) is 0 Å². The number of aryl methyl sites for hydroxylation is 1. The van der Waals surface area contributed by atoms with Crippen LogP contribution in [0.3, 0.4) is 0 Å². The van der Waals surface area contributed by atoms with E-state index in [1.54, 1.807) is 0 Å². The summed E-state index contributed by atoms with van der Waals surface area (Å²) in [5.74, 6) is 0. The quantitative estimate of drug-likeness (QED) is 0.857. The van der Waals surface area contributed by atoms with Crippen LogP contribution in [0.4, 0.5) is 5.69 Å². The molecule has 0 aliphatic rings. The summed E-state index contributed by atoms with van der Waals surface area (Å²) in [5, 5.41) is 3.46. The van der Waals surface area contributed by atoms with Gasteiger partial charge in [0.1, 0.15) is 0 Å². The van der Waals surface area contributed by atoms with Crippen LogP contribution in [0.5, 0.6) is 0 Å². The van der Waals surface area contributed by atoms with E-state index >= 15 is 0 Å². The Hall–Kier alpha value is -1.80. The van der Waals surface area contributed by atoms with Crippen LogP contribution in [0, 0.1) is 6.92 Å². The zero-order valence-corrected chi connectivity index (χ0v) is 13.6. The molecule has 0 radical (unpaired) electrons. The highest BCUT2D eigenvalue weighted by Crippen LogP contribution is 2.22. The predicted octanol–water partition coefficient (Wildman–Crippen LogP) is 4.13. The Labute approximate surface area is 128 Å². The monoisotopic (exact) mass is 282 g/mol. The van der Waals surface area contributed by atoms with Crippen LogP contribution in [0.25, 0.3) is 0 Å². The van der Waals surface area contributed by atoms with Crippen LogP contribution in [0.1, 0.15) is 30.5 Å². The highest BCUT2D eigenvalue weighted by atomic mass is 15.1. The van der Waals surface area contributed by atoms with Gasteiger partial charge >= 0.3 is 0 Å². The van der Waals surface area contributed by atoms with Crippen molar-refractivity contribution in [3.05, 3.63) is 65.2 Å². The van der Waals surface area contributed by atoms with Gasteiger partial charge in [-0.25, -0.2) is 0 Å². The van der Waals surface area contributed by atoms with Crippen LogP contribution in [-0.2, 0) is 13.1 Å². The number of nitrogens with one attached hydrogen (secondary N) is 1. The lowest BCUT2D eigenvalue weighted by Gasteiger charge is -2.22. The lowest BCUT2D eigenvalue weighted by Crippen LogP contribution is -2.22. The molecule has 0 amide bonds. The van der Waals surface area contributed by atoms with E-state index in [1.165, 1.54) is 22.4 Å². The first-order valence-electron chi connectivity index (χ1n) is 7.64. The minimum absolute atomic E-state index is 0.519. The van der Waals surface area contributed by atoms with Crippen molar-refractivity contribution in [1.82, 2.24) is 5.32 Å². The minimum Gasteiger partial charge on any atom is -0.370 e. The molecule has 2 aromatic rings. The van der Waals surface area contributed by atoms with E-state index in [0.29, 0.717) is 6.04 Å². The van der Waals surface area contributed by atoms with Gasteiger partial charge < -0.3 is 10.2 Å². The Kier molecular flexibility index (Phi) is 5.40. The summed E-state index contributed by atoms with van der Waals surface area (Å²) in [5.41, 5.74) is 5.31. The zero-order chi connectivity index (χ0) is 15.2. The van der Waals surface area contributed by atoms with E-state index < -0.39 is 0 Å². The normalized spacial score (nSPS) is 10.9. The maximum absolute atomic E-state index is 3.46. The molecule has 2 nitrogen and oxygen atoms in total. The molecule has 0 saturated heterocycles. The van der Waals surface area contributed by atoms with E-state index in [2.05, 4.69) is 86.6 Å². The van der Waals surface area contributed by atoms with Crippen molar-refractivity contribution in [3.8, 4) is 0 Å². The number of benzene rings is 2. The molecule has 0 heterocycles. The molecule has 2 rings (SSSR count). The second-order valence-electron chi connectivity index (χ2n) is 6.00. The number of hydrogen-bond donors (Lipinski definition) is 1. The molecule has 1 N–H and O–H groups in total. The first-order valence-corrected chi connectivity index (χ1v) is 7.64. The molecule has 112 valence electrons. The molecule has 0 saturated carbocycles. The van der Waals surface area contributed by atoms with E-state index in [0.717, 1.165) is 13.1 Å². The van der Waals surface area contributed by atoms with Crippen LogP contribution < -0.4 is 10.2 Å². The molecule has 0 aromatic heterocycles. The highest BCUT2D eigenvalue weighted by molar-refractivity contribution is 5.54. The maximum atomic E-state index is 3.46. The third-order valence-corrected chi connectivity index (χ3v) is 3.65. The predicted molar refractivity (Wildman–Crippen MR) is 91.7 cm³/mol. The van der Waals surface area contributed by atoms with Crippen molar-refractivity contribution in [2.45, 2.75) is 39.9 Å². The number of rotatable bonds is 6. The van der Waals surface area contributed by atoms with Gasteiger partial charge in [0, 0.05) is 31.9 Å². The van der Waals surface area contributed by atoms with Gasteiger partial charge in [-0.15, -0.1) is 0 Å². The summed E-state index contributed by atoms with van der Waals surface area (Å²) in [6, 6.07) is 17.9. The van der Waals surface area contributed by atoms with E-state index in [4.69, 9.17) is 0 Å². The van der Waals surface area contributed by atoms with Gasteiger partial charge in [0.25, 0.3) is 0 Å². The first-order chi connectivity index (χ1) is 10.1. The fourth-order valence-electron chi connectivity index (χ4n) is 2.52. The van der Waals surface area contributed by atoms with Crippen LogP contribution >= 0.6 is 0 Å². The van der Waals surface area contributed by atoms with Gasteiger partial charge in [-0.1, -0.05) is 56.3 Å². The lowest BCUT2D eigenvalue weighted by molar-refractivity contribution is 0.588. The fourth-order valence-corrected chi connectivity index (χ4v) is 2.52. The van der Waals surface area contributed by atoms with Gasteiger partial charge in [0.15, 0.2) is 0 Å². The zero-order valence-electron chi connectivity index (χ0n) is 13.6. The average Bonchev–Trinajstić information content (AvgIpc) is 2.46. The fraction of sp³-hybridized carbons (Fsp3) is 0.368. The topological polar surface area (TPSA) is 15.3 Å². The number of hydrogen-bond acceptors (Lipinski definition) is 2. The van der Waals surface area contributed by atoms with Crippen LogP contribution in [0.2, 0.25) is 0 Å². The average molecular weight is 282 g/mol. The largest absolute Gasteiger partial charge is 0.370 e. The van der Waals surface area contributed by atoms with Crippen molar-refractivity contribution in [2.75, 3.05) is 11.9 Å². The van der Waals surface area contributed by atoms with Gasteiger partial charge in [0.05, 0.1) is 0 Å². The molecule has 2 aromatic carbocycles. The molecular weight excluding hydrogens is 256 g/mol. The second-order valence-corrected chi connectivity index (χ2v) is 6.00. The summed E-state index contributed by atoms with van der Waals surface area (Å²) < 4.78 is 0. The van der Waals surface area contributed by atoms with Gasteiger partial charge in [-0.05, 0) is 29.7 Å². The summed E-state index contributed by atoms with van der Waals surface area (Å²) in [6.45, 7) is 8.41. The molecular formula is C19H26N2. The first kappa shape index (κ1) is 15.6. The Morgan fingerprint density at radius 1 is 1.00 bits per heavy atom. The second kappa shape index (κ2) is 7.28. The van der Waals surface area contributed by atoms with Gasteiger partial charge in [-0.2, -0.15) is 0 Å². The molecule has 2 heteroatoms. The summed E-state index contributed by atoms with van der Waals surface area (Å²) in [6.07, 6.45) is 0. The smallest absolute Gasteiger partial charge is 0.0426 e. The molecule has 0 unspecified atom stereocenters. The lowest BCUT2D eigenvalue weighted by atomic mass is 10.1. The molecule has 0 spiro atoms. The van der Waals surface area contributed by atoms with E-state index in [1.807, 2.05) is 0 Å². The summed E-state index contributed by atoms with van der Waals surface area (Å²) in [7, 11) is 2.15. The molecule has 0 aliphatic heterocycles. The Bertz CT molecular complexity index is 561. The Morgan fingerprint density at radius 2 is 1.71 bits per heavy atom. The molecule has 0 bridgehead atoms. The van der Waals surface area contributed by atoms with Crippen LogP contribution in [0.15, 0.2) is 48.5 Å². The molecule has 0 aliphatic carbocycles. The minimum atomic E-state index is 0.519. The van der Waals surface area contributed by atoms with E-state index in [9.17, 15) is 0 Å². The maximum Gasteiger partial charge on any atom is 0.0426 e. The third-order valence-electron chi connectivity index (χ3n) is 3.65. The molecule has 21 heavy (non-hydrogen) atoms. The van der Waals surface area contributed by atoms with Gasteiger partial charge in [0.2, 0.25) is 0 Å². The van der Waals surface area contributed by atoms with E-state index in [-0.39, 0.29) is 0 Å². The molecule has 0 atom stereocenters. The van der Waals surface area contributed by atoms with Crippen molar-refractivity contribution >= 4 is 5.69 Å². The number of anilines is 1. The SMILES string of the molecule is Cc1cc(CNC(C)C)ccc1N(C)Cc1ccccc1. The standard InChI is InChI=1S/C19H26N2/c1-15(2)20-13-18-10-11-19(16(3)12-18)21(4)14-17-8-6-5-7-9-17/h5-12,15,20H,13-14H2,1-4H3. The van der Waals surface area contributed by atoms with Crippen molar-refractivity contribution < 1.29 is 0 Å². The summed E-state index contributed by atoms with van der Waals surface area (Å²) in [4.78, 5) is 2.31. The van der Waals surface area contributed by atoms with Crippen LogP contribution in [-0.4, -0.2) is 13.1 Å². The van der Waals surface area contributed by atoms with Crippen molar-refractivity contribution in [2.24, 2.45) is 0 Å². The summed E-state index contributed by atoms with van der Waals surface area (Å²) >= 11 is 0. The van der Waals surface area contributed by atoms with Crippen molar-refractivity contribution in [3.63, 3.8) is 0 Å². The third kappa shape index (κ3) is 4.61. The molecule has 0 fully saturated rings.